The van der Waals surface area contributed by atoms with E-state index >= 15 is 0 Å². The molecule has 1 aromatic heterocycles. The molecule has 2 aromatic rings. The second-order valence-electron chi connectivity index (χ2n) is 4.18. The van der Waals surface area contributed by atoms with E-state index in [9.17, 15) is 13.6 Å². The first-order valence-electron chi connectivity index (χ1n) is 5.91. The molecule has 0 amide bonds. The first-order valence-corrected chi connectivity index (χ1v) is 6.29. The van der Waals surface area contributed by atoms with Gasteiger partial charge in [0.05, 0.1) is 5.69 Å². The molecule has 0 aliphatic heterocycles. The number of hydrogen-bond donors (Lipinski definition) is 1. The summed E-state index contributed by atoms with van der Waals surface area (Å²) in [4.78, 5) is 11.2. The predicted molar refractivity (Wildman–Crippen MR) is 69.4 cm³/mol. The summed E-state index contributed by atoms with van der Waals surface area (Å²) in [5.74, 6) is -2.83. The fourth-order valence-electron chi connectivity index (χ4n) is 1.88. The van der Waals surface area contributed by atoms with E-state index in [4.69, 9.17) is 16.7 Å². The average molecular weight is 301 g/mol. The molecule has 1 N–H and O–H groups in total. The van der Waals surface area contributed by atoms with Crippen LogP contribution in [0.15, 0.2) is 18.2 Å². The molecule has 106 valence electrons. The molecule has 0 atom stereocenters. The Kier molecular flexibility index (Phi) is 4.04. The summed E-state index contributed by atoms with van der Waals surface area (Å²) in [5.41, 5.74) is 0.0206. The van der Waals surface area contributed by atoms with Crippen molar-refractivity contribution in [1.29, 1.82) is 0 Å². The van der Waals surface area contributed by atoms with Gasteiger partial charge in [0.2, 0.25) is 0 Å². The van der Waals surface area contributed by atoms with Gasteiger partial charge in [-0.25, -0.2) is 18.3 Å². The van der Waals surface area contributed by atoms with Gasteiger partial charge in [-0.2, -0.15) is 5.10 Å². The van der Waals surface area contributed by atoms with Gasteiger partial charge in [0, 0.05) is 6.07 Å². The molecule has 1 aromatic carbocycles. The lowest BCUT2D eigenvalue weighted by molar-refractivity contribution is 0.0696. The van der Waals surface area contributed by atoms with Crippen molar-refractivity contribution in [3.05, 3.63) is 46.2 Å². The monoisotopic (exact) mass is 300 g/mol. The van der Waals surface area contributed by atoms with E-state index in [2.05, 4.69) is 5.10 Å². The Balaban J connectivity index is 2.63. The molecule has 0 radical (unpaired) electrons. The van der Waals surface area contributed by atoms with Crippen molar-refractivity contribution in [3.63, 3.8) is 0 Å². The Labute approximate surface area is 118 Å². The Morgan fingerprint density at radius 1 is 1.45 bits per heavy atom. The summed E-state index contributed by atoms with van der Waals surface area (Å²) in [7, 11) is 0. The first-order chi connectivity index (χ1) is 9.45. The smallest absolute Gasteiger partial charge is 0.340 e. The topological polar surface area (TPSA) is 55.1 Å². The third-order valence-corrected chi connectivity index (χ3v) is 3.09. The quantitative estimate of drug-likeness (QED) is 0.941. The van der Waals surface area contributed by atoms with Gasteiger partial charge in [-0.1, -0.05) is 24.9 Å². The number of carboxylic acid groups (broad SMARTS) is 1. The van der Waals surface area contributed by atoms with Crippen LogP contribution in [0.25, 0.3) is 5.69 Å². The lowest BCUT2D eigenvalue weighted by atomic mass is 10.2. The van der Waals surface area contributed by atoms with Gasteiger partial charge in [0.15, 0.2) is 5.82 Å². The van der Waals surface area contributed by atoms with E-state index < -0.39 is 17.6 Å². The Bertz CT molecular complexity index is 671. The number of rotatable bonds is 4. The van der Waals surface area contributed by atoms with Gasteiger partial charge in [0.25, 0.3) is 0 Å². The fraction of sp³-hybridized carbons (Fsp3) is 0.231. The van der Waals surface area contributed by atoms with Gasteiger partial charge in [-0.05, 0) is 18.6 Å². The molecule has 4 nitrogen and oxygen atoms in total. The highest BCUT2D eigenvalue weighted by Crippen LogP contribution is 2.26. The number of benzene rings is 1. The van der Waals surface area contributed by atoms with Crippen LogP contribution in [0.3, 0.4) is 0 Å². The van der Waals surface area contributed by atoms with Crippen molar-refractivity contribution in [2.24, 2.45) is 0 Å². The van der Waals surface area contributed by atoms with Crippen molar-refractivity contribution in [3.8, 4) is 5.69 Å². The van der Waals surface area contributed by atoms with E-state index in [1.165, 1.54) is 0 Å². The minimum atomic E-state index is -1.23. The number of carboxylic acids is 1. The van der Waals surface area contributed by atoms with E-state index in [-0.39, 0.29) is 22.1 Å². The largest absolute Gasteiger partial charge is 0.478 e. The summed E-state index contributed by atoms with van der Waals surface area (Å²) < 4.78 is 27.6. The van der Waals surface area contributed by atoms with Crippen LogP contribution in [0.4, 0.5) is 8.78 Å². The van der Waals surface area contributed by atoms with Gasteiger partial charge in [-0.15, -0.1) is 0 Å². The zero-order chi connectivity index (χ0) is 14.9. The maximum atomic E-state index is 13.7. The van der Waals surface area contributed by atoms with E-state index in [1.807, 2.05) is 6.92 Å². The van der Waals surface area contributed by atoms with Crippen molar-refractivity contribution in [2.45, 2.75) is 19.8 Å². The summed E-state index contributed by atoms with van der Waals surface area (Å²) in [6.07, 6.45) is 1.07. The van der Waals surface area contributed by atoms with Crippen LogP contribution in [-0.4, -0.2) is 20.9 Å². The van der Waals surface area contributed by atoms with Crippen LogP contribution in [0, 0.1) is 11.6 Å². The van der Waals surface area contributed by atoms with Crippen LogP contribution >= 0.6 is 11.6 Å². The molecule has 7 heteroatoms. The Hall–Kier alpha value is -1.95. The van der Waals surface area contributed by atoms with Crippen molar-refractivity contribution in [1.82, 2.24) is 9.78 Å². The number of halogens is 3. The summed E-state index contributed by atoms with van der Waals surface area (Å²) in [6, 6.07) is 2.90. The molecule has 0 fully saturated rings. The molecular formula is C13H11ClF2N2O2. The van der Waals surface area contributed by atoms with Crippen LogP contribution in [-0.2, 0) is 6.42 Å². The summed E-state index contributed by atoms with van der Waals surface area (Å²) >= 11 is 5.97. The van der Waals surface area contributed by atoms with Gasteiger partial charge in [-0.3, -0.25) is 0 Å². The molecule has 0 aliphatic carbocycles. The van der Waals surface area contributed by atoms with Crippen molar-refractivity contribution >= 4 is 17.6 Å². The van der Waals surface area contributed by atoms with Crippen LogP contribution in [0.5, 0.6) is 0 Å². The Morgan fingerprint density at radius 3 is 2.70 bits per heavy atom. The summed E-state index contributed by atoms with van der Waals surface area (Å²) in [5, 5.41) is 13.0. The number of hydrogen-bond acceptors (Lipinski definition) is 2. The lowest BCUT2D eigenvalue weighted by Crippen LogP contribution is -2.01. The van der Waals surface area contributed by atoms with Crippen LogP contribution < -0.4 is 0 Å². The molecule has 2 rings (SSSR count). The minimum absolute atomic E-state index is 0.0961. The molecule has 0 spiro atoms. The molecule has 20 heavy (non-hydrogen) atoms. The first kappa shape index (κ1) is 14.5. The van der Waals surface area contributed by atoms with Crippen molar-refractivity contribution in [2.75, 3.05) is 0 Å². The molecule has 1 heterocycles. The zero-order valence-corrected chi connectivity index (χ0v) is 11.3. The van der Waals surface area contributed by atoms with Crippen LogP contribution in [0.2, 0.25) is 5.15 Å². The molecule has 0 bridgehead atoms. The second-order valence-corrected chi connectivity index (χ2v) is 4.53. The molecule has 0 saturated carbocycles. The van der Waals surface area contributed by atoms with Gasteiger partial charge < -0.3 is 5.11 Å². The second kappa shape index (κ2) is 5.58. The highest BCUT2D eigenvalue weighted by molar-refractivity contribution is 6.33. The maximum Gasteiger partial charge on any atom is 0.340 e. The Morgan fingerprint density at radius 2 is 2.15 bits per heavy atom. The fourth-order valence-corrected chi connectivity index (χ4v) is 2.19. The normalized spacial score (nSPS) is 10.8. The third-order valence-electron chi connectivity index (χ3n) is 2.74. The van der Waals surface area contributed by atoms with E-state index in [0.717, 1.165) is 16.8 Å². The van der Waals surface area contributed by atoms with Crippen LogP contribution in [0.1, 0.15) is 29.4 Å². The highest BCUT2D eigenvalue weighted by Gasteiger charge is 2.23. The standard InChI is InChI=1S/C13H11ClF2N2O2/c1-2-3-9-11(13(19)20)12(14)18(17-9)10-5-4-7(15)6-8(10)16/h4-6H,2-3H2,1H3,(H,19,20). The lowest BCUT2D eigenvalue weighted by Gasteiger charge is -2.04. The molecule has 0 saturated heterocycles. The molecular weight excluding hydrogens is 290 g/mol. The number of aromatic nitrogens is 2. The van der Waals surface area contributed by atoms with Gasteiger partial charge >= 0.3 is 5.97 Å². The highest BCUT2D eigenvalue weighted by atomic mass is 35.5. The third kappa shape index (κ3) is 2.51. The SMILES string of the molecule is CCCc1nn(-c2ccc(F)cc2F)c(Cl)c1C(=O)O. The van der Waals surface area contributed by atoms with E-state index in [0.29, 0.717) is 18.9 Å². The zero-order valence-electron chi connectivity index (χ0n) is 10.5. The predicted octanol–water partition coefficient (Wildman–Crippen LogP) is 3.45. The van der Waals surface area contributed by atoms with E-state index in [1.54, 1.807) is 0 Å². The van der Waals surface area contributed by atoms with Crippen molar-refractivity contribution < 1.29 is 18.7 Å². The minimum Gasteiger partial charge on any atom is -0.478 e. The molecule has 0 aliphatic rings. The number of aromatic carboxylic acids is 1. The number of aryl methyl sites for hydroxylation is 1. The average Bonchev–Trinajstić information content (AvgIpc) is 2.67. The number of carbonyl (C=O) groups is 1. The summed E-state index contributed by atoms with van der Waals surface area (Å²) in [6.45, 7) is 1.86. The number of nitrogens with zero attached hydrogens (tertiary/aromatic N) is 2. The maximum absolute atomic E-state index is 13.7. The van der Waals surface area contributed by atoms with Gasteiger partial charge in [0.1, 0.15) is 22.2 Å². The molecule has 0 unspecified atom stereocenters.